The number of hydrogen-bond acceptors (Lipinski definition) is 2. The van der Waals surface area contributed by atoms with Crippen LogP contribution in [0.2, 0.25) is 0 Å². The summed E-state index contributed by atoms with van der Waals surface area (Å²) in [7, 11) is 0. The zero-order chi connectivity index (χ0) is 44.1. The topological polar surface area (TPSA) is 6.48 Å². The van der Waals surface area contributed by atoms with Gasteiger partial charge in [0.2, 0.25) is 0 Å². The Hall–Kier alpha value is -8.72. The maximum Gasteiger partial charge on any atom is 0.0726 e. The molecule has 0 fully saturated rings. The molecule has 0 radical (unpaired) electrons. The third-order valence-corrected chi connectivity index (χ3v) is 14.6. The fourth-order valence-electron chi connectivity index (χ4n) is 11.9. The van der Waals surface area contributed by atoms with Crippen LogP contribution in [0.25, 0.3) is 66.4 Å². The van der Waals surface area contributed by atoms with Gasteiger partial charge >= 0.3 is 0 Å². The van der Waals surface area contributed by atoms with E-state index in [0.29, 0.717) is 0 Å². The van der Waals surface area contributed by atoms with Crippen LogP contribution in [-0.2, 0) is 5.41 Å². The smallest absolute Gasteiger partial charge is 0.0726 e. The van der Waals surface area contributed by atoms with Crippen LogP contribution >= 0.6 is 0 Å². The van der Waals surface area contributed by atoms with Gasteiger partial charge in [-0.2, -0.15) is 0 Å². The molecule has 2 heteroatoms. The van der Waals surface area contributed by atoms with Crippen LogP contribution in [0.5, 0.6) is 0 Å². The van der Waals surface area contributed by atoms with Crippen LogP contribution < -0.4 is 9.80 Å². The van der Waals surface area contributed by atoms with Gasteiger partial charge in [-0.1, -0.05) is 194 Å². The first-order valence-electron chi connectivity index (χ1n) is 23.3. The number of para-hydroxylation sites is 4. The second-order valence-electron chi connectivity index (χ2n) is 17.9. The van der Waals surface area contributed by atoms with Crippen molar-refractivity contribution in [2.45, 2.75) is 5.41 Å². The first-order valence-corrected chi connectivity index (χ1v) is 23.3. The van der Waals surface area contributed by atoms with E-state index in [2.05, 4.69) is 265 Å². The van der Waals surface area contributed by atoms with Gasteiger partial charge < -0.3 is 9.80 Å². The lowest BCUT2D eigenvalue weighted by molar-refractivity contribution is 0.776. The number of benzene rings is 11. The second-order valence-corrected chi connectivity index (χ2v) is 17.9. The second kappa shape index (κ2) is 14.7. The summed E-state index contributed by atoms with van der Waals surface area (Å²) >= 11 is 0. The van der Waals surface area contributed by atoms with E-state index in [1.807, 2.05) is 0 Å². The van der Waals surface area contributed by atoms with Crippen molar-refractivity contribution in [2.75, 3.05) is 9.80 Å². The number of fused-ring (bicyclic) bond motifs is 19. The summed E-state index contributed by atoms with van der Waals surface area (Å²) in [5, 5.41) is 2.53. The minimum Gasteiger partial charge on any atom is -0.310 e. The third-order valence-electron chi connectivity index (χ3n) is 14.6. The highest BCUT2D eigenvalue weighted by Gasteiger charge is 2.50. The van der Waals surface area contributed by atoms with E-state index in [9.17, 15) is 0 Å². The van der Waals surface area contributed by atoms with E-state index in [-0.39, 0.29) is 0 Å². The quantitative estimate of drug-likeness (QED) is 0.174. The van der Waals surface area contributed by atoms with Crippen molar-refractivity contribution in [3.63, 3.8) is 0 Å². The Balaban J connectivity index is 1.06. The normalized spacial score (nSPS) is 14.6. The zero-order valence-electron chi connectivity index (χ0n) is 36.6. The van der Waals surface area contributed by atoms with Crippen molar-refractivity contribution in [1.29, 1.82) is 0 Å². The largest absolute Gasteiger partial charge is 0.310 e. The lowest BCUT2D eigenvalue weighted by atomic mass is 9.65. The standard InChI is InChI=1S/C65H42N2/c1-3-20-44(21-4-1)66(46-36-38-51-54-28-13-17-33-62(54)67(45-22-5-2-6-23-45)63-34-18-14-29-55(63)57(51)41-46)47-37-39-53-50-26-10-9-25-49(50)52-27-11-15-31-58(52)65(61(53)42-47)59-32-16-12-30-56(59)64-48-24-8-7-19-43(48)35-40-60(64)65/h1-42H. The van der Waals surface area contributed by atoms with E-state index in [4.69, 9.17) is 0 Å². The lowest BCUT2D eigenvalue weighted by Crippen LogP contribution is -2.29. The fraction of sp³-hybridized carbons (Fsp3) is 0.0154. The van der Waals surface area contributed by atoms with Gasteiger partial charge in [0.25, 0.3) is 0 Å². The molecule has 0 amide bonds. The fourth-order valence-corrected chi connectivity index (χ4v) is 11.9. The molecule has 67 heavy (non-hydrogen) atoms. The molecule has 0 saturated heterocycles. The maximum absolute atomic E-state index is 2.52. The first-order chi connectivity index (χ1) is 33.3. The highest BCUT2D eigenvalue weighted by molar-refractivity contribution is 6.07. The van der Waals surface area contributed by atoms with Gasteiger partial charge in [0.15, 0.2) is 0 Å². The minimum absolute atomic E-state index is 0.628. The molecule has 2 aliphatic carbocycles. The molecule has 1 spiro atoms. The van der Waals surface area contributed by atoms with Gasteiger partial charge in [-0.3, -0.25) is 0 Å². The average Bonchev–Trinajstić information content (AvgIpc) is 3.58. The van der Waals surface area contributed by atoms with E-state index in [1.165, 1.54) is 88.7 Å². The van der Waals surface area contributed by atoms with Crippen molar-refractivity contribution >= 4 is 44.9 Å². The van der Waals surface area contributed by atoms with Crippen molar-refractivity contribution in [3.8, 4) is 55.6 Å². The predicted molar refractivity (Wildman–Crippen MR) is 279 cm³/mol. The highest BCUT2D eigenvalue weighted by Crippen LogP contribution is 2.63. The number of anilines is 6. The van der Waals surface area contributed by atoms with Crippen LogP contribution in [0.3, 0.4) is 0 Å². The molecule has 3 aliphatic rings. The molecule has 1 heterocycles. The first kappa shape index (κ1) is 37.6. The average molecular weight is 851 g/mol. The van der Waals surface area contributed by atoms with Crippen molar-refractivity contribution in [3.05, 3.63) is 277 Å². The minimum atomic E-state index is -0.628. The number of nitrogens with zero attached hydrogens (tertiary/aromatic N) is 2. The Morgan fingerprint density at radius 2 is 0.776 bits per heavy atom. The summed E-state index contributed by atoms with van der Waals surface area (Å²) in [6.07, 6.45) is 0. The summed E-state index contributed by atoms with van der Waals surface area (Å²) in [6, 6.07) is 94.8. The Bertz CT molecular complexity index is 3780. The summed E-state index contributed by atoms with van der Waals surface area (Å²) in [6.45, 7) is 0. The molecule has 11 aromatic carbocycles. The lowest BCUT2D eigenvalue weighted by Gasteiger charge is -2.36. The Labute approximate surface area is 390 Å². The Kier molecular flexibility index (Phi) is 8.23. The molecule has 1 atom stereocenters. The van der Waals surface area contributed by atoms with E-state index in [1.54, 1.807) is 0 Å². The molecular formula is C65H42N2. The summed E-state index contributed by atoms with van der Waals surface area (Å²) in [5.41, 5.74) is 23.7. The SMILES string of the molecule is c1ccc(N(c2ccc3c(c2)-c2ccccc2N(c2ccccc2)c2ccccc2-3)c2ccc3c(c2)C2(c4ccccc4-c4ccccc4-3)c3ccccc3-c3c2ccc2ccccc32)cc1. The summed E-state index contributed by atoms with van der Waals surface area (Å²) < 4.78 is 0. The van der Waals surface area contributed by atoms with Crippen LogP contribution in [0.1, 0.15) is 22.3 Å². The molecule has 312 valence electrons. The van der Waals surface area contributed by atoms with Crippen molar-refractivity contribution in [1.82, 2.24) is 0 Å². The van der Waals surface area contributed by atoms with Gasteiger partial charge in [0.1, 0.15) is 0 Å². The van der Waals surface area contributed by atoms with Gasteiger partial charge in [-0.05, 0) is 138 Å². The molecule has 0 bridgehead atoms. The Morgan fingerprint density at radius 1 is 0.284 bits per heavy atom. The van der Waals surface area contributed by atoms with Crippen LogP contribution in [0, 0.1) is 0 Å². The third kappa shape index (κ3) is 5.39. The molecule has 2 nitrogen and oxygen atoms in total. The van der Waals surface area contributed by atoms with Crippen molar-refractivity contribution < 1.29 is 0 Å². The highest BCUT2D eigenvalue weighted by atomic mass is 15.2. The van der Waals surface area contributed by atoms with E-state index in [0.717, 1.165) is 34.1 Å². The summed E-state index contributed by atoms with van der Waals surface area (Å²) in [4.78, 5) is 4.88. The van der Waals surface area contributed by atoms with Crippen LogP contribution in [0.15, 0.2) is 255 Å². The summed E-state index contributed by atoms with van der Waals surface area (Å²) in [5.74, 6) is 0. The van der Waals surface area contributed by atoms with Gasteiger partial charge in [0.05, 0.1) is 16.8 Å². The molecule has 0 saturated carbocycles. The van der Waals surface area contributed by atoms with Crippen LogP contribution in [0.4, 0.5) is 34.1 Å². The van der Waals surface area contributed by atoms with Gasteiger partial charge in [-0.25, -0.2) is 0 Å². The number of hydrogen-bond donors (Lipinski definition) is 0. The van der Waals surface area contributed by atoms with E-state index >= 15 is 0 Å². The van der Waals surface area contributed by atoms with Gasteiger partial charge in [0, 0.05) is 33.9 Å². The van der Waals surface area contributed by atoms with Crippen molar-refractivity contribution in [2.24, 2.45) is 0 Å². The molecule has 0 N–H and O–H groups in total. The monoisotopic (exact) mass is 850 g/mol. The molecular weight excluding hydrogens is 809 g/mol. The zero-order valence-corrected chi connectivity index (χ0v) is 36.6. The van der Waals surface area contributed by atoms with Gasteiger partial charge in [-0.15, -0.1) is 0 Å². The van der Waals surface area contributed by atoms with Crippen LogP contribution in [-0.4, -0.2) is 0 Å². The number of rotatable bonds is 4. The Morgan fingerprint density at radius 3 is 1.49 bits per heavy atom. The van der Waals surface area contributed by atoms with E-state index < -0.39 is 5.41 Å². The predicted octanol–water partition coefficient (Wildman–Crippen LogP) is 17.4. The molecule has 1 unspecified atom stereocenters. The maximum atomic E-state index is 2.52. The molecule has 11 aromatic rings. The molecule has 14 rings (SSSR count). The molecule has 1 aliphatic heterocycles. The molecule has 0 aromatic heterocycles.